The van der Waals surface area contributed by atoms with Crippen LogP contribution in [0.5, 0.6) is 0 Å². The van der Waals surface area contributed by atoms with Gasteiger partial charge in [-0.3, -0.25) is 19.2 Å². The van der Waals surface area contributed by atoms with Crippen molar-refractivity contribution in [1.82, 2.24) is 9.80 Å². The van der Waals surface area contributed by atoms with Crippen molar-refractivity contribution in [3.8, 4) is 0 Å². The molecule has 2 aromatic carbocycles. The number of nitrogens with one attached hydrogen (secondary N) is 2. The standard InChI is InChI=1S/C24H30N4O4/c1-27(2)23(31)15-17-5-9-19(10-6-17)25-21(29)13-14-22(30)26-20-11-7-18(8-12-20)16-24(32)28(3)4/h5-12H,13-16H2,1-4H3,(H,25,29)(H,26,30). The maximum absolute atomic E-state index is 12.1. The molecule has 4 amide bonds. The van der Waals surface area contributed by atoms with Crippen LogP contribution >= 0.6 is 0 Å². The SMILES string of the molecule is CN(C)C(=O)Cc1ccc(NC(=O)CCC(=O)Nc2ccc(CC(=O)N(C)C)cc2)cc1. The molecular formula is C24H30N4O4. The Balaban J connectivity index is 1.76. The molecule has 0 saturated heterocycles. The van der Waals surface area contributed by atoms with E-state index in [-0.39, 0.29) is 36.5 Å². The Bertz CT molecular complexity index is 871. The van der Waals surface area contributed by atoms with Crippen LogP contribution in [0.2, 0.25) is 0 Å². The Morgan fingerprint density at radius 3 is 1.19 bits per heavy atom. The lowest BCUT2D eigenvalue weighted by atomic mass is 10.1. The Morgan fingerprint density at radius 2 is 0.906 bits per heavy atom. The number of nitrogens with zero attached hydrogens (tertiary/aromatic N) is 2. The zero-order chi connectivity index (χ0) is 23.7. The van der Waals surface area contributed by atoms with Gasteiger partial charge in [0.25, 0.3) is 0 Å². The number of likely N-dealkylation sites (N-methyl/N-ethyl adjacent to an activating group) is 2. The summed E-state index contributed by atoms with van der Waals surface area (Å²) in [6, 6.07) is 14.1. The van der Waals surface area contributed by atoms with Crippen molar-refractivity contribution in [1.29, 1.82) is 0 Å². The van der Waals surface area contributed by atoms with Crippen LogP contribution < -0.4 is 10.6 Å². The van der Waals surface area contributed by atoms with E-state index in [0.29, 0.717) is 24.2 Å². The summed E-state index contributed by atoms with van der Waals surface area (Å²) in [6.07, 6.45) is 0.687. The number of hydrogen-bond donors (Lipinski definition) is 2. The summed E-state index contributed by atoms with van der Waals surface area (Å²) in [4.78, 5) is 50.8. The highest BCUT2D eigenvalue weighted by Gasteiger charge is 2.10. The molecule has 0 radical (unpaired) electrons. The molecule has 0 spiro atoms. The van der Waals surface area contributed by atoms with E-state index >= 15 is 0 Å². The minimum atomic E-state index is -0.269. The van der Waals surface area contributed by atoms with Gasteiger partial charge in [-0.05, 0) is 35.4 Å². The molecule has 0 aromatic heterocycles. The van der Waals surface area contributed by atoms with Gasteiger partial charge < -0.3 is 20.4 Å². The largest absolute Gasteiger partial charge is 0.349 e. The van der Waals surface area contributed by atoms with E-state index in [1.807, 2.05) is 0 Å². The fourth-order valence-corrected chi connectivity index (χ4v) is 2.75. The van der Waals surface area contributed by atoms with Crippen molar-refractivity contribution >= 4 is 35.0 Å². The summed E-state index contributed by atoms with van der Waals surface area (Å²) in [7, 11) is 6.82. The average Bonchev–Trinajstić information content (AvgIpc) is 2.75. The second-order valence-corrected chi connectivity index (χ2v) is 7.92. The van der Waals surface area contributed by atoms with Crippen molar-refractivity contribution in [3.05, 3.63) is 59.7 Å². The molecule has 170 valence electrons. The van der Waals surface area contributed by atoms with Gasteiger partial charge in [-0.2, -0.15) is 0 Å². The lowest BCUT2D eigenvalue weighted by Crippen LogP contribution is -2.23. The number of hydrogen-bond acceptors (Lipinski definition) is 4. The first-order chi connectivity index (χ1) is 15.1. The van der Waals surface area contributed by atoms with Gasteiger partial charge in [0.15, 0.2) is 0 Å². The van der Waals surface area contributed by atoms with Crippen LogP contribution in [0.4, 0.5) is 11.4 Å². The molecule has 0 aliphatic heterocycles. The van der Waals surface area contributed by atoms with Gasteiger partial charge in [-0.1, -0.05) is 24.3 Å². The van der Waals surface area contributed by atoms with E-state index in [9.17, 15) is 19.2 Å². The van der Waals surface area contributed by atoms with Crippen LogP contribution in [-0.4, -0.2) is 61.6 Å². The first-order valence-corrected chi connectivity index (χ1v) is 10.3. The molecule has 0 bridgehead atoms. The van der Waals surface area contributed by atoms with E-state index < -0.39 is 0 Å². The van der Waals surface area contributed by atoms with Crippen molar-refractivity contribution in [2.75, 3.05) is 38.8 Å². The molecule has 0 heterocycles. The summed E-state index contributed by atoms with van der Waals surface area (Å²) >= 11 is 0. The molecule has 0 unspecified atom stereocenters. The van der Waals surface area contributed by atoms with E-state index in [2.05, 4.69) is 10.6 Å². The molecular weight excluding hydrogens is 408 g/mol. The molecule has 8 nitrogen and oxygen atoms in total. The van der Waals surface area contributed by atoms with E-state index in [1.165, 1.54) is 9.80 Å². The Hall–Kier alpha value is -3.68. The third kappa shape index (κ3) is 8.22. The topological polar surface area (TPSA) is 98.8 Å². The molecule has 0 aliphatic rings. The van der Waals surface area contributed by atoms with Crippen molar-refractivity contribution < 1.29 is 19.2 Å². The molecule has 0 atom stereocenters. The smallest absolute Gasteiger partial charge is 0.226 e. The lowest BCUT2D eigenvalue weighted by Gasteiger charge is -2.11. The van der Waals surface area contributed by atoms with Gasteiger partial charge in [0.1, 0.15) is 0 Å². The molecule has 32 heavy (non-hydrogen) atoms. The number of amides is 4. The quantitative estimate of drug-likeness (QED) is 0.628. The van der Waals surface area contributed by atoms with Crippen molar-refractivity contribution in [2.24, 2.45) is 0 Å². The second kappa shape index (κ2) is 11.6. The molecule has 2 rings (SSSR count). The molecule has 8 heteroatoms. The molecule has 0 fully saturated rings. The van der Waals surface area contributed by atoms with Gasteiger partial charge in [0, 0.05) is 52.4 Å². The first-order valence-electron chi connectivity index (χ1n) is 10.3. The third-order valence-corrected chi connectivity index (χ3v) is 4.76. The highest BCUT2D eigenvalue weighted by atomic mass is 16.2. The van der Waals surface area contributed by atoms with Gasteiger partial charge in [0.05, 0.1) is 12.8 Å². The molecule has 2 aromatic rings. The fraction of sp³-hybridized carbons (Fsp3) is 0.333. The van der Waals surface area contributed by atoms with Crippen LogP contribution in [0.1, 0.15) is 24.0 Å². The number of carbonyl (C=O) groups is 4. The number of anilines is 2. The van der Waals surface area contributed by atoms with Gasteiger partial charge in [-0.15, -0.1) is 0 Å². The Labute approximate surface area is 188 Å². The Morgan fingerprint density at radius 1 is 0.594 bits per heavy atom. The van der Waals surface area contributed by atoms with E-state index in [4.69, 9.17) is 0 Å². The van der Waals surface area contributed by atoms with Crippen LogP contribution in [0, 0.1) is 0 Å². The Kier molecular flexibility index (Phi) is 8.95. The summed E-state index contributed by atoms with van der Waals surface area (Å²) < 4.78 is 0. The van der Waals surface area contributed by atoms with Crippen LogP contribution in [0.15, 0.2) is 48.5 Å². The average molecular weight is 439 g/mol. The van der Waals surface area contributed by atoms with Crippen LogP contribution in [0.25, 0.3) is 0 Å². The van der Waals surface area contributed by atoms with E-state index in [0.717, 1.165) is 11.1 Å². The highest BCUT2D eigenvalue weighted by Crippen LogP contribution is 2.13. The lowest BCUT2D eigenvalue weighted by molar-refractivity contribution is -0.128. The maximum Gasteiger partial charge on any atom is 0.226 e. The number of rotatable bonds is 9. The van der Waals surface area contributed by atoms with Gasteiger partial charge in [-0.25, -0.2) is 0 Å². The number of carbonyl (C=O) groups excluding carboxylic acids is 4. The summed E-state index contributed by atoms with van der Waals surface area (Å²) in [5.41, 5.74) is 2.94. The molecule has 0 aliphatic carbocycles. The second-order valence-electron chi connectivity index (χ2n) is 7.92. The minimum Gasteiger partial charge on any atom is -0.349 e. The van der Waals surface area contributed by atoms with Crippen LogP contribution in [-0.2, 0) is 32.0 Å². The summed E-state index contributed by atoms with van der Waals surface area (Å²) in [5, 5.41) is 5.50. The third-order valence-electron chi connectivity index (χ3n) is 4.76. The maximum atomic E-state index is 12.1. The van der Waals surface area contributed by atoms with Crippen LogP contribution in [0.3, 0.4) is 0 Å². The van der Waals surface area contributed by atoms with Gasteiger partial charge >= 0.3 is 0 Å². The van der Waals surface area contributed by atoms with E-state index in [1.54, 1.807) is 76.7 Å². The predicted octanol–water partition coefficient (Wildman–Crippen LogP) is 2.31. The predicted molar refractivity (Wildman–Crippen MR) is 124 cm³/mol. The summed E-state index contributed by atoms with van der Waals surface area (Å²) in [5.74, 6) is -0.529. The number of benzene rings is 2. The van der Waals surface area contributed by atoms with Crippen molar-refractivity contribution in [2.45, 2.75) is 25.7 Å². The summed E-state index contributed by atoms with van der Waals surface area (Å²) in [6.45, 7) is 0. The normalized spacial score (nSPS) is 10.2. The first kappa shape index (κ1) is 24.6. The zero-order valence-electron chi connectivity index (χ0n) is 19.0. The minimum absolute atomic E-state index is 0.00416. The zero-order valence-corrected chi connectivity index (χ0v) is 19.0. The van der Waals surface area contributed by atoms with Crippen molar-refractivity contribution in [3.63, 3.8) is 0 Å². The molecule has 0 saturated carbocycles. The molecule has 2 N–H and O–H groups in total. The monoisotopic (exact) mass is 438 g/mol. The fourth-order valence-electron chi connectivity index (χ4n) is 2.75. The highest BCUT2D eigenvalue weighted by molar-refractivity contribution is 5.96. The van der Waals surface area contributed by atoms with Gasteiger partial charge in [0.2, 0.25) is 23.6 Å².